The zero-order valence-corrected chi connectivity index (χ0v) is 10.6. The van der Waals surface area contributed by atoms with Crippen LogP contribution in [0, 0.1) is 6.92 Å². The van der Waals surface area contributed by atoms with Gasteiger partial charge >= 0.3 is 0 Å². The Kier molecular flexibility index (Phi) is 2.97. The number of fused-ring (bicyclic) bond motifs is 1. The van der Waals surface area contributed by atoms with Crippen LogP contribution in [0.25, 0.3) is 10.9 Å². The van der Waals surface area contributed by atoms with Crippen LogP contribution in [-0.2, 0) is 0 Å². The molecule has 0 spiro atoms. The van der Waals surface area contributed by atoms with Crippen LogP contribution in [0.3, 0.4) is 0 Å². The number of rotatable bonds is 2. The molecular weight excluding hydrogens is 236 g/mol. The largest absolute Gasteiger partial charge is 0.384 e. The molecule has 3 rings (SSSR count). The predicted octanol–water partition coefficient (Wildman–Crippen LogP) is 3.02. The minimum absolute atomic E-state index is 0.679. The zero-order chi connectivity index (χ0) is 13.2. The summed E-state index contributed by atoms with van der Waals surface area (Å²) in [6, 6.07) is 11.6. The average Bonchev–Trinajstić information content (AvgIpc) is 2.46. The number of hydrogen-bond acceptors (Lipinski definition) is 3. The van der Waals surface area contributed by atoms with E-state index in [1.54, 1.807) is 18.6 Å². The van der Waals surface area contributed by atoms with Gasteiger partial charge in [-0.3, -0.25) is 9.97 Å². The average molecular weight is 250 g/mol. The van der Waals surface area contributed by atoms with Gasteiger partial charge in [-0.15, -0.1) is 0 Å². The molecule has 1 aromatic carbocycles. The van der Waals surface area contributed by atoms with E-state index in [0.717, 1.165) is 27.6 Å². The van der Waals surface area contributed by atoms with Gasteiger partial charge in [0, 0.05) is 29.5 Å². The second kappa shape index (κ2) is 4.78. The van der Waals surface area contributed by atoms with E-state index < -0.39 is 6.10 Å². The van der Waals surface area contributed by atoms with Crippen molar-refractivity contribution in [3.05, 3.63) is 71.7 Å². The van der Waals surface area contributed by atoms with E-state index in [1.807, 2.05) is 43.3 Å². The molecule has 3 nitrogen and oxygen atoms in total. The first-order chi connectivity index (χ1) is 9.27. The van der Waals surface area contributed by atoms with Gasteiger partial charge in [-0.1, -0.05) is 18.2 Å². The van der Waals surface area contributed by atoms with E-state index in [0.29, 0.717) is 0 Å². The lowest BCUT2D eigenvalue weighted by Crippen LogP contribution is -2.03. The lowest BCUT2D eigenvalue weighted by atomic mass is 9.97. The van der Waals surface area contributed by atoms with E-state index in [2.05, 4.69) is 9.97 Å². The first kappa shape index (κ1) is 11.8. The molecule has 0 aliphatic heterocycles. The van der Waals surface area contributed by atoms with Crippen molar-refractivity contribution in [1.82, 2.24) is 9.97 Å². The SMILES string of the molecule is Cc1ccncc1C(O)c1ccnc2ccccc12. The van der Waals surface area contributed by atoms with Gasteiger partial charge in [-0.05, 0) is 36.2 Å². The maximum absolute atomic E-state index is 10.6. The number of aliphatic hydroxyl groups is 1. The van der Waals surface area contributed by atoms with Crippen LogP contribution < -0.4 is 0 Å². The van der Waals surface area contributed by atoms with Crippen molar-refractivity contribution < 1.29 is 5.11 Å². The lowest BCUT2D eigenvalue weighted by Gasteiger charge is -2.15. The molecule has 0 radical (unpaired) electrons. The van der Waals surface area contributed by atoms with E-state index in [9.17, 15) is 5.11 Å². The van der Waals surface area contributed by atoms with Crippen molar-refractivity contribution in [2.75, 3.05) is 0 Å². The zero-order valence-electron chi connectivity index (χ0n) is 10.6. The highest BCUT2D eigenvalue weighted by Gasteiger charge is 2.15. The molecule has 3 aromatic rings. The summed E-state index contributed by atoms with van der Waals surface area (Å²) in [6.07, 6.45) is 4.50. The summed E-state index contributed by atoms with van der Waals surface area (Å²) in [7, 11) is 0. The predicted molar refractivity (Wildman–Crippen MR) is 74.8 cm³/mol. The topological polar surface area (TPSA) is 46.0 Å². The number of hydrogen-bond donors (Lipinski definition) is 1. The first-order valence-electron chi connectivity index (χ1n) is 6.19. The van der Waals surface area contributed by atoms with Crippen LogP contribution in [-0.4, -0.2) is 15.1 Å². The Morgan fingerprint density at radius 1 is 1.00 bits per heavy atom. The molecule has 94 valence electrons. The summed E-state index contributed by atoms with van der Waals surface area (Å²) in [4.78, 5) is 8.41. The molecule has 0 bridgehead atoms. The summed E-state index contributed by atoms with van der Waals surface area (Å²) in [5.74, 6) is 0. The van der Waals surface area contributed by atoms with E-state index >= 15 is 0 Å². The molecule has 1 N–H and O–H groups in total. The third-order valence-electron chi connectivity index (χ3n) is 3.35. The third kappa shape index (κ3) is 2.09. The number of nitrogens with zero attached hydrogens (tertiary/aromatic N) is 2. The molecule has 3 heteroatoms. The second-order valence-corrected chi connectivity index (χ2v) is 4.55. The Morgan fingerprint density at radius 3 is 2.68 bits per heavy atom. The molecule has 1 unspecified atom stereocenters. The van der Waals surface area contributed by atoms with Gasteiger partial charge in [0.15, 0.2) is 0 Å². The maximum Gasteiger partial charge on any atom is 0.106 e. The quantitative estimate of drug-likeness (QED) is 0.760. The fourth-order valence-corrected chi connectivity index (χ4v) is 2.29. The number of benzene rings is 1. The van der Waals surface area contributed by atoms with Crippen LogP contribution in [0.4, 0.5) is 0 Å². The van der Waals surface area contributed by atoms with Gasteiger partial charge in [0.2, 0.25) is 0 Å². The molecule has 0 saturated carbocycles. The van der Waals surface area contributed by atoms with E-state index in [-0.39, 0.29) is 0 Å². The molecule has 19 heavy (non-hydrogen) atoms. The smallest absolute Gasteiger partial charge is 0.106 e. The third-order valence-corrected chi connectivity index (χ3v) is 3.35. The molecule has 2 aromatic heterocycles. The normalized spacial score (nSPS) is 12.5. The van der Waals surface area contributed by atoms with Crippen LogP contribution in [0.15, 0.2) is 55.0 Å². The van der Waals surface area contributed by atoms with Gasteiger partial charge in [-0.2, -0.15) is 0 Å². The van der Waals surface area contributed by atoms with Gasteiger partial charge in [0.05, 0.1) is 5.52 Å². The van der Waals surface area contributed by atoms with Crippen molar-refractivity contribution in [2.24, 2.45) is 0 Å². The molecule has 0 aliphatic rings. The monoisotopic (exact) mass is 250 g/mol. The highest BCUT2D eigenvalue weighted by Crippen LogP contribution is 2.28. The number of para-hydroxylation sites is 1. The van der Waals surface area contributed by atoms with Crippen LogP contribution >= 0.6 is 0 Å². The minimum atomic E-state index is -0.679. The Hall–Kier alpha value is -2.26. The van der Waals surface area contributed by atoms with Gasteiger partial charge in [0.1, 0.15) is 6.10 Å². The fourth-order valence-electron chi connectivity index (χ4n) is 2.29. The lowest BCUT2D eigenvalue weighted by molar-refractivity contribution is 0.220. The molecule has 0 amide bonds. The fraction of sp³-hybridized carbons (Fsp3) is 0.125. The number of aromatic nitrogens is 2. The summed E-state index contributed by atoms with van der Waals surface area (Å²) < 4.78 is 0. The summed E-state index contributed by atoms with van der Waals surface area (Å²) in [5.41, 5.74) is 3.62. The summed E-state index contributed by atoms with van der Waals surface area (Å²) >= 11 is 0. The first-order valence-corrected chi connectivity index (χ1v) is 6.19. The molecule has 0 aliphatic carbocycles. The van der Waals surface area contributed by atoms with E-state index in [4.69, 9.17) is 0 Å². The molecule has 0 saturated heterocycles. The van der Waals surface area contributed by atoms with Gasteiger partial charge < -0.3 is 5.11 Å². The Balaban J connectivity index is 2.17. The van der Waals surface area contributed by atoms with Crippen LogP contribution in [0.1, 0.15) is 22.8 Å². The van der Waals surface area contributed by atoms with Crippen molar-refractivity contribution in [2.45, 2.75) is 13.0 Å². The number of pyridine rings is 2. The summed E-state index contributed by atoms with van der Waals surface area (Å²) in [6.45, 7) is 1.98. The molecule has 0 fully saturated rings. The molecular formula is C16H14N2O. The van der Waals surface area contributed by atoms with Crippen molar-refractivity contribution >= 4 is 10.9 Å². The Bertz CT molecular complexity index is 719. The highest BCUT2D eigenvalue weighted by atomic mass is 16.3. The van der Waals surface area contributed by atoms with Crippen molar-refractivity contribution in [3.63, 3.8) is 0 Å². The number of aryl methyl sites for hydroxylation is 1. The van der Waals surface area contributed by atoms with Crippen LogP contribution in [0.5, 0.6) is 0 Å². The van der Waals surface area contributed by atoms with Gasteiger partial charge in [-0.25, -0.2) is 0 Å². The minimum Gasteiger partial charge on any atom is -0.384 e. The van der Waals surface area contributed by atoms with E-state index in [1.165, 1.54) is 0 Å². The van der Waals surface area contributed by atoms with Gasteiger partial charge in [0.25, 0.3) is 0 Å². The number of aliphatic hydroxyl groups excluding tert-OH is 1. The summed E-state index contributed by atoms with van der Waals surface area (Å²) in [5, 5.41) is 11.6. The maximum atomic E-state index is 10.6. The Labute approximate surface area is 111 Å². The molecule has 2 heterocycles. The van der Waals surface area contributed by atoms with Crippen molar-refractivity contribution in [1.29, 1.82) is 0 Å². The highest BCUT2D eigenvalue weighted by molar-refractivity contribution is 5.82. The molecule has 1 atom stereocenters. The van der Waals surface area contributed by atoms with Crippen LogP contribution in [0.2, 0.25) is 0 Å². The van der Waals surface area contributed by atoms with Crippen molar-refractivity contribution in [3.8, 4) is 0 Å². The standard InChI is InChI=1S/C16H14N2O/c1-11-6-8-17-10-14(11)16(19)13-7-9-18-15-5-3-2-4-12(13)15/h2-10,16,19H,1H3. The second-order valence-electron chi connectivity index (χ2n) is 4.55. The Morgan fingerprint density at radius 2 is 1.84 bits per heavy atom.